The largest absolute Gasteiger partial charge is 0.338 e. The minimum atomic E-state index is -0.561. The summed E-state index contributed by atoms with van der Waals surface area (Å²) in [6, 6.07) is 7.87. The highest BCUT2D eigenvalue weighted by Crippen LogP contribution is 2.25. The summed E-state index contributed by atoms with van der Waals surface area (Å²) in [4.78, 5) is 37.4. The average Bonchev–Trinajstić information content (AvgIpc) is 2.94. The molecule has 1 aromatic heterocycles. The Hall–Kier alpha value is -2.89. The van der Waals surface area contributed by atoms with Gasteiger partial charge in [-0.05, 0) is 30.0 Å². The summed E-state index contributed by atoms with van der Waals surface area (Å²) in [7, 11) is 1.40. The van der Waals surface area contributed by atoms with E-state index in [0.29, 0.717) is 18.1 Å². The van der Waals surface area contributed by atoms with Crippen molar-refractivity contribution in [3.8, 4) is 0 Å². The highest BCUT2D eigenvalue weighted by Gasteiger charge is 2.32. The van der Waals surface area contributed by atoms with Crippen LogP contribution in [0.2, 0.25) is 0 Å². The van der Waals surface area contributed by atoms with Crippen LogP contribution in [0, 0.1) is 0 Å². The van der Waals surface area contributed by atoms with E-state index >= 15 is 0 Å². The normalized spacial score (nSPS) is 14.7. The molecule has 0 saturated carbocycles. The van der Waals surface area contributed by atoms with Crippen LogP contribution < -0.4 is 16.6 Å². The summed E-state index contributed by atoms with van der Waals surface area (Å²) in [5, 5.41) is 2.98. The van der Waals surface area contributed by atoms with E-state index in [4.69, 9.17) is 0 Å². The predicted octanol–water partition coefficient (Wildman–Crippen LogP) is 2.17. The first-order chi connectivity index (χ1) is 12.0. The van der Waals surface area contributed by atoms with Crippen LogP contribution in [0.4, 0.5) is 5.82 Å². The van der Waals surface area contributed by atoms with Crippen molar-refractivity contribution in [2.75, 3.05) is 5.32 Å². The van der Waals surface area contributed by atoms with Gasteiger partial charge < -0.3 is 5.32 Å². The molecular formula is C19H21N3O3. The number of carbonyl (C=O) groups is 1. The van der Waals surface area contributed by atoms with Crippen LogP contribution in [0.15, 0.2) is 39.6 Å². The van der Waals surface area contributed by atoms with Crippen molar-refractivity contribution in [1.29, 1.82) is 0 Å². The Morgan fingerprint density at radius 3 is 2.36 bits per heavy atom. The number of ketones is 1. The predicted molar refractivity (Wildman–Crippen MR) is 98.0 cm³/mol. The summed E-state index contributed by atoms with van der Waals surface area (Å²) in [5.41, 5.74) is 1.44. The molecule has 2 aromatic rings. The third kappa shape index (κ3) is 2.84. The summed E-state index contributed by atoms with van der Waals surface area (Å²) in [6.07, 6.45) is 3.37. The number of benzene rings is 1. The number of fused-ring (bicyclic) bond motifs is 1. The zero-order valence-electron chi connectivity index (χ0n) is 14.6. The first-order valence-electron chi connectivity index (χ1n) is 8.44. The number of aromatic nitrogens is 2. The van der Waals surface area contributed by atoms with E-state index in [0.717, 1.165) is 23.0 Å². The third-order valence-corrected chi connectivity index (χ3v) is 4.41. The van der Waals surface area contributed by atoms with Gasteiger partial charge in [-0.25, -0.2) is 4.79 Å². The van der Waals surface area contributed by atoms with E-state index in [1.807, 2.05) is 31.2 Å². The standard InChI is InChI=1S/C19H21N3O3/c1-4-10-22-17-15(18(24)21(3)19(22)25)16(23)14(20-17)11-13-8-6-12(5-2)7-9-13/h6-9,11,20H,4-5,10H2,1-3H3. The van der Waals surface area contributed by atoms with E-state index in [1.54, 1.807) is 6.08 Å². The number of nitrogens with zero attached hydrogens (tertiary/aromatic N) is 2. The van der Waals surface area contributed by atoms with Crippen molar-refractivity contribution in [1.82, 2.24) is 9.13 Å². The number of carbonyl (C=O) groups excluding carboxylic acids is 1. The molecule has 6 heteroatoms. The SMILES string of the molecule is CCCn1c2c(c(=O)n(C)c1=O)C(=O)C(=Cc1ccc(CC)cc1)N2. The van der Waals surface area contributed by atoms with Crippen LogP contribution in [-0.4, -0.2) is 14.9 Å². The van der Waals surface area contributed by atoms with Gasteiger partial charge in [0.2, 0.25) is 5.78 Å². The summed E-state index contributed by atoms with van der Waals surface area (Å²) in [6.45, 7) is 4.45. The van der Waals surface area contributed by atoms with Gasteiger partial charge in [0.15, 0.2) is 0 Å². The molecule has 25 heavy (non-hydrogen) atoms. The zero-order valence-corrected chi connectivity index (χ0v) is 14.6. The Balaban J connectivity index is 2.10. The number of rotatable bonds is 4. The van der Waals surface area contributed by atoms with Crippen molar-refractivity contribution < 1.29 is 4.79 Å². The molecule has 0 radical (unpaired) electrons. The number of anilines is 1. The number of allylic oxidation sites excluding steroid dienone is 1. The maximum Gasteiger partial charge on any atom is 0.332 e. The fourth-order valence-corrected chi connectivity index (χ4v) is 2.97. The molecule has 2 heterocycles. The van der Waals surface area contributed by atoms with Gasteiger partial charge in [-0.1, -0.05) is 38.1 Å². The Morgan fingerprint density at radius 1 is 1.08 bits per heavy atom. The molecule has 0 unspecified atom stereocenters. The minimum Gasteiger partial charge on any atom is -0.338 e. The van der Waals surface area contributed by atoms with Crippen LogP contribution in [0.3, 0.4) is 0 Å². The van der Waals surface area contributed by atoms with Crippen molar-refractivity contribution in [3.63, 3.8) is 0 Å². The lowest BCUT2D eigenvalue weighted by molar-refractivity contribution is 0.104. The van der Waals surface area contributed by atoms with Crippen molar-refractivity contribution in [3.05, 3.63) is 67.5 Å². The van der Waals surface area contributed by atoms with Gasteiger partial charge in [-0.2, -0.15) is 0 Å². The Labute approximate surface area is 145 Å². The summed E-state index contributed by atoms with van der Waals surface area (Å²) >= 11 is 0. The monoisotopic (exact) mass is 339 g/mol. The number of Topliss-reactive ketones (excluding diaryl/α,β-unsaturated/α-hetero) is 1. The van der Waals surface area contributed by atoms with Crippen molar-refractivity contribution in [2.24, 2.45) is 7.05 Å². The van der Waals surface area contributed by atoms with Gasteiger partial charge in [0.05, 0.1) is 5.70 Å². The molecule has 0 atom stereocenters. The van der Waals surface area contributed by atoms with Crippen LogP contribution >= 0.6 is 0 Å². The molecule has 0 amide bonds. The summed E-state index contributed by atoms with van der Waals surface area (Å²) in [5.74, 6) is -0.0728. The highest BCUT2D eigenvalue weighted by molar-refractivity contribution is 6.19. The van der Waals surface area contributed by atoms with Crippen molar-refractivity contribution >= 4 is 17.7 Å². The first-order valence-corrected chi connectivity index (χ1v) is 8.44. The maximum absolute atomic E-state index is 12.7. The molecular weight excluding hydrogens is 318 g/mol. The molecule has 1 aliphatic rings. The molecule has 1 aromatic carbocycles. The van der Waals surface area contributed by atoms with Crippen LogP contribution in [0.25, 0.3) is 6.08 Å². The fraction of sp³-hybridized carbons (Fsp3) is 0.316. The molecule has 6 nitrogen and oxygen atoms in total. The molecule has 0 fully saturated rings. The topological polar surface area (TPSA) is 73.1 Å². The zero-order chi connectivity index (χ0) is 18.1. The van der Waals surface area contributed by atoms with Crippen LogP contribution in [0.5, 0.6) is 0 Å². The van der Waals surface area contributed by atoms with E-state index in [-0.39, 0.29) is 11.3 Å². The molecule has 0 saturated heterocycles. The number of hydrogen-bond donors (Lipinski definition) is 1. The van der Waals surface area contributed by atoms with E-state index in [2.05, 4.69) is 12.2 Å². The smallest absolute Gasteiger partial charge is 0.332 e. The van der Waals surface area contributed by atoms with Gasteiger partial charge in [0.25, 0.3) is 5.56 Å². The van der Waals surface area contributed by atoms with Crippen molar-refractivity contribution in [2.45, 2.75) is 33.2 Å². The number of aryl methyl sites for hydroxylation is 1. The molecule has 0 aliphatic carbocycles. The number of hydrogen-bond acceptors (Lipinski definition) is 4. The van der Waals surface area contributed by atoms with Gasteiger partial charge >= 0.3 is 5.69 Å². The minimum absolute atomic E-state index is 0.0342. The molecule has 3 rings (SSSR count). The van der Waals surface area contributed by atoms with Gasteiger partial charge in [0, 0.05) is 13.6 Å². The van der Waals surface area contributed by atoms with E-state index < -0.39 is 11.2 Å². The molecule has 0 spiro atoms. The first kappa shape index (κ1) is 17.0. The van der Waals surface area contributed by atoms with Crippen LogP contribution in [0.1, 0.15) is 41.8 Å². The highest BCUT2D eigenvalue weighted by atomic mass is 16.2. The molecule has 0 bridgehead atoms. The third-order valence-electron chi connectivity index (χ3n) is 4.41. The lowest BCUT2D eigenvalue weighted by Crippen LogP contribution is -2.40. The fourth-order valence-electron chi connectivity index (χ4n) is 2.97. The van der Waals surface area contributed by atoms with Gasteiger partial charge in [-0.3, -0.25) is 18.7 Å². The lowest BCUT2D eigenvalue weighted by Gasteiger charge is -2.11. The number of nitrogens with one attached hydrogen (secondary N) is 1. The quantitative estimate of drug-likeness (QED) is 0.867. The second kappa shape index (κ2) is 6.55. The maximum atomic E-state index is 12.7. The second-order valence-corrected chi connectivity index (χ2v) is 6.13. The van der Waals surface area contributed by atoms with E-state index in [1.165, 1.54) is 17.2 Å². The Morgan fingerprint density at radius 2 is 1.76 bits per heavy atom. The van der Waals surface area contributed by atoms with Gasteiger partial charge in [-0.15, -0.1) is 0 Å². The average molecular weight is 339 g/mol. The molecule has 1 N–H and O–H groups in total. The van der Waals surface area contributed by atoms with Crippen LogP contribution in [-0.2, 0) is 20.0 Å². The van der Waals surface area contributed by atoms with E-state index in [9.17, 15) is 14.4 Å². The second-order valence-electron chi connectivity index (χ2n) is 6.13. The summed E-state index contributed by atoms with van der Waals surface area (Å²) < 4.78 is 2.45. The lowest BCUT2D eigenvalue weighted by atomic mass is 10.1. The molecule has 1 aliphatic heterocycles. The Bertz CT molecular complexity index is 979. The molecule has 130 valence electrons. The van der Waals surface area contributed by atoms with Gasteiger partial charge in [0.1, 0.15) is 11.4 Å². The Kier molecular flexibility index (Phi) is 4.44.